The standard InChI is InChI=1S/C20H24N2O3S/c1-13-6-5-7-18(14(13)2)21-20(23)22-8-9-26-19(22)15-10-16(24-3)12-17(11-15)25-4/h5-7,10-12,19H,8-9H2,1-4H3,(H,21,23). The van der Waals surface area contributed by atoms with E-state index < -0.39 is 0 Å². The summed E-state index contributed by atoms with van der Waals surface area (Å²) in [6, 6.07) is 11.6. The number of amides is 2. The van der Waals surface area contributed by atoms with Crippen LogP contribution in [0, 0.1) is 13.8 Å². The zero-order chi connectivity index (χ0) is 18.7. The zero-order valence-corrected chi connectivity index (χ0v) is 16.4. The van der Waals surface area contributed by atoms with Crippen molar-refractivity contribution < 1.29 is 14.3 Å². The second kappa shape index (κ2) is 7.91. The van der Waals surface area contributed by atoms with Crippen molar-refractivity contribution in [2.24, 2.45) is 0 Å². The molecule has 1 N–H and O–H groups in total. The van der Waals surface area contributed by atoms with Gasteiger partial charge in [0.15, 0.2) is 0 Å². The molecule has 0 radical (unpaired) electrons. The van der Waals surface area contributed by atoms with Gasteiger partial charge in [0.2, 0.25) is 0 Å². The van der Waals surface area contributed by atoms with Crippen LogP contribution in [-0.4, -0.2) is 37.4 Å². The first-order valence-corrected chi connectivity index (χ1v) is 9.56. The molecule has 138 valence electrons. The summed E-state index contributed by atoms with van der Waals surface area (Å²) in [6.45, 7) is 4.77. The number of anilines is 1. The first-order valence-electron chi connectivity index (χ1n) is 8.52. The van der Waals surface area contributed by atoms with Crippen molar-refractivity contribution in [2.75, 3.05) is 31.8 Å². The number of nitrogens with one attached hydrogen (secondary N) is 1. The maximum absolute atomic E-state index is 12.9. The minimum absolute atomic E-state index is 0.0656. The van der Waals surface area contributed by atoms with Crippen LogP contribution in [0.2, 0.25) is 0 Å². The first kappa shape index (κ1) is 18.5. The van der Waals surface area contributed by atoms with Gasteiger partial charge in [0.25, 0.3) is 0 Å². The van der Waals surface area contributed by atoms with Crippen LogP contribution in [0.1, 0.15) is 22.1 Å². The fourth-order valence-electron chi connectivity index (χ4n) is 3.00. The smallest absolute Gasteiger partial charge is 0.323 e. The molecule has 0 aliphatic carbocycles. The van der Waals surface area contributed by atoms with Crippen molar-refractivity contribution in [2.45, 2.75) is 19.2 Å². The SMILES string of the molecule is COc1cc(OC)cc(C2SCCN2C(=O)Nc2cccc(C)c2C)c1. The van der Waals surface area contributed by atoms with E-state index in [0.29, 0.717) is 6.54 Å². The molecular formula is C20H24N2O3S. The second-order valence-electron chi connectivity index (χ2n) is 6.24. The molecular weight excluding hydrogens is 348 g/mol. The molecule has 1 unspecified atom stereocenters. The van der Waals surface area contributed by atoms with Crippen LogP contribution in [-0.2, 0) is 0 Å². The van der Waals surface area contributed by atoms with Gasteiger partial charge in [-0.1, -0.05) is 12.1 Å². The van der Waals surface area contributed by atoms with E-state index in [1.807, 2.05) is 55.1 Å². The molecule has 1 aliphatic heterocycles. The van der Waals surface area contributed by atoms with E-state index in [2.05, 4.69) is 5.32 Å². The van der Waals surface area contributed by atoms with E-state index in [-0.39, 0.29) is 11.4 Å². The highest BCUT2D eigenvalue weighted by molar-refractivity contribution is 7.99. The number of urea groups is 1. The molecule has 5 nitrogen and oxygen atoms in total. The van der Waals surface area contributed by atoms with Gasteiger partial charge in [-0.05, 0) is 48.7 Å². The van der Waals surface area contributed by atoms with Gasteiger partial charge in [0, 0.05) is 24.1 Å². The molecule has 26 heavy (non-hydrogen) atoms. The van der Waals surface area contributed by atoms with E-state index in [1.54, 1.807) is 26.0 Å². The van der Waals surface area contributed by atoms with Crippen molar-refractivity contribution in [3.63, 3.8) is 0 Å². The third-order valence-electron chi connectivity index (χ3n) is 4.66. The van der Waals surface area contributed by atoms with Crippen LogP contribution in [0.3, 0.4) is 0 Å². The molecule has 0 saturated carbocycles. The molecule has 1 aliphatic rings. The summed E-state index contributed by atoms with van der Waals surface area (Å²) in [5.74, 6) is 2.34. The van der Waals surface area contributed by atoms with Crippen LogP contribution in [0.4, 0.5) is 10.5 Å². The van der Waals surface area contributed by atoms with Gasteiger partial charge in [-0.25, -0.2) is 4.79 Å². The topological polar surface area (TPSA) is 50.8 Å². The summed E-state index contributed by atoms with van der Waals surface area (Å²) in [4.78, 5) is 14.8. The predicted molar refractivity (Wildman–Crippen MR) is 106 cm³/mol. The van der Waals surface area contributed by atoms with Gasteiger partial charge in [0.1, 0.15) is 16.9 Å². The average molecular weight is 372 g/mol. The summed E-state index contributed by atoms with van der Waals surface area (Å²) in [7, 11) is 3.26. The number of hydrogen-bond donors (Lipinski definition) is 1. The normalized spacial score (nSPS) is 16.5. The average Bonchev–Trinajstić information content (AvgIpc) is 3.15. The number of aryl methyl sites for hydroxylation is 1. The van der Waals surface area contributed by atoms with Crippen LogP contribution in [0.5, 0.6) is 11.5 Å². The van der Waals surface area contributed by atoms with Crippen LogP contribution in [0.25, 0.3) is 0 Å². The zero-order valence-electron chi connectivity index (χ0n) is 15.5. The lowest BCUT2D eigenvalue weighted by molar-refractivity contribution is 0.214. The van der Waals surface area contributed by atoms with Gasteiger partial charge in [-0.15, -0.1) is 11.8 Å². The maximum atomic E-state index is 12.9. The van der Waals surface area contributed by atoms with Crippen molar-refractivity contribution >= 4 is 23.5 Å². The van der Waals surface area contributed by atoms with E-state index in [0.717, 1.165) is 39.6 Å². The molecule has 0 bridgehead atoms. The molecule has 1 fully saturated rings. The molecule has 2 aromatic carbocycles. The number of nitrogens with zero attached hydrogens (tertiary/aromatic N) is 1. The highest BCUT2D eigenvalue weighted by Crippen LogP contribution is 2.41. The van der Waals surface area contributed by atoms with Crippen molar-refractivity contribution in [3.05, 3.63) is 53.1 Å². The molecule has 2 amide bonds. The fourth-order valence-corrected chi connectivity index (χ4v) is 4.23. The molecule has 1 saturated heterocycles. The molecule has 2 aromatic rings. The van der Waals surface area contributed by atoms with Gasteiger partial charge in [-0.3, -0.25) is 0 Å². The lowest BCUT2D eigenvalue weighted by Gasteiger charge is -2.25. The minimum Gasteiger partial charge on any atom is -0.497 e. The van der Waals surface area contributed by atoms with Gasteiger partial charge < -0.3 is 19.7 Å². The van der Waals surface area contributed by atoms with Crippen molar-refractivity contribution in [3.8, 4) is 11.5 Å². The Hall–Kier alpha value is -2.34. The number of rotatable bonds is 4. The summed E-state index contributed by atoms with van der Waals surface area (Å²) >= 11 is 1.74. The van der Waals surface area contributed by atoms with E-state index in [1.165, 1.54) is 0 Å². The third-order valence-corrected chi connectivity index (χ3v) is 5.92. The third kappa shape index (κ3) is 3.75. The van der Waals surface area contributed by atoms with Crippen LogP contribution >= 0.6 is 11.8 Å². The number of hydrogen-bond acceptors (Lipinski definition) is 4. The number of ether oxygens (including phenoxy) is 2. The maximum Gasteiger partial charge on any atom is 0.323 e. The van der Waals surface area contributed by atoms with Gasteiger partial charge >= 0.3 is 6.03 Å². The molecule has 1 atom stereocenters. The molecule has 6 heteroatoms. The number of carbonyl (C=O) groups excluding carboxylic acids is 1. The molecule has 0 aromatic heterocycles. The summed E-state index contributed by atoms with van der Waals surface area (Å²) in [5, 5.41) is 3.00. The predicted octanol–water partition coefficient (Wildman–Crippen LogP) is 4.60. The Labute approximate surface area is 158 Å². The largest absolute Gasteiger partial charge is 0.497 e. The Morgan fingerprint density at radius 1 is 1.15 bits per heavy atom. The number of thioether (sulfide) groups is 1. The van der Waals surface area contributed by atoms with Crippen LogP contribution < -0.4 is 14.8 Å². The minimum atomic E-state index is -0.0875. The fraction of sp³-hybridized carbons (Fsp3) is 0.350. The van der Waals surface area contributed by atoms with Crippen molar-refractivity contribution in [1.29, 1.82) is 0 Å². The first-order chi connectivity index (χ1) is 12.5. The van der Waals surface area contributed by atoms with Gasteiger partial charge in [-0.2, -0.15) is 0 Å². The van der Waals surface area contributed by atoms with E-state index >= 15 is 0 Å². The van der Waals surface area contributed by atoms with Crippen LogP contribution in [0.15, 0.2) is 36.4 Å². The Morgan fingerprint density at radius 3 is 2.50 bits per heavy atom. The highest BCUT2D eigenvalue weighted by atomic mass is 32.2. The molecule has 3 rings (SSSR count). The summed E-state index contributed by atoms with van der Waals surface area (Å²) in [5.41, 5.74) is 4.11. The Balaban J connectivity index is 1.84. The Morgan fingerprint density at radius 2 is 1.85 bits per heavy atom. The summed E-state index contributed by atoms with van der Waals surface area (Å²) in [6.07, 6.45) is 0. The Bertz CT molecular complexity index is 787. The number of carbonyl (C=O) groups is 1. The highest BCUT2D eigenvalue weighted by Gasteiger charge is 2.31. The molecule has 0 spiro atoms. The van der Waals surface area contributed by atoms with E-state index in [9.17, 15) is 4.79 Å². The molecule has 1 heterocycles. The lowest BCUT2D eigenvalue weighted by atomic mass is 10.1. The monoisotopic (exact) mass is 372 g/mol. The van der Waals surface area contributed by atoms with Gasteiger partial charge in [0.05, 0.1) is 14.2 Å². The summed E-state index contributed by atoms with van der Waals surface area (Å²) < 4.78 is 10.7. The van der Waals surface area contributed by atoms with Crippen molar-refractivity contribution in [1.82, 2.24) is 4.90 Å². The lowest BCUT2D eigenvalue weighted by Crippen LogP contribution is -2.34. The van der Waals surface area contributed by atoms with E-state index in [4.69, 9.17) is 9.47 Å². The quantitative estimate of drug-likeness (QED) is 0.852. The second-order valence-corrected chi connectivity index (χ2v) is 7.43. The number of methoxy groups -OCH3 is 2. The Kier molecular flexibility index (Phi) is 5.61. The number of benzene rings is 2.